The van der Waals surface area contributed by atoms with Crippen molar-refractivity contribution < 1.29 is 14.9 Å². The van der Waals surface area contributed by atoms with E-state index in [1.807, 2.05) is 0 Å². The largest absolute Gasteiger partial charge is 0.489 e. The number of hydrogen-bond acceptors (Lipinski definition) is 4. The lowest BCUT2D eigenvalue weighted by Gasteiger charge is -2.23. The van der Waals surface area contributed by atoms with Gasteiger partial charge in [0, 0.05) is 24.2 Å². The fraction of sp³-hybridized carbons (Fsp3) is 0.600. The van der Waals surface area contributed by atoms with Crippen LogP contribution in [0.5, 0.6) is 5.75 Å². The van der Waals surface area contributed by atoms with Crippen LogP contribution in [-0.4, -0.2) is 41.6 Å². The van der Waals surface area contributed by atoms with E-state index in [-0.39, 0.29) is 6.61 Å². The van der Waals surface area contributed by atoms with Crippen molar-refractivity contribution in [2.45, 2.75) is 37.4 Å². The Morgan fingerprint density at radius 3 is 2.71 bits per heavy atom. The predicted octanol–water partition coefficient (Wildman–Crippen LogP) is 2.63. The molecule has 118 valence electrons. The molecule has 0 heterocycles. The molecule has 0 spiro atoms. The quantitative estimate of drug-likeness (QED) is 0.717. The molecule has 1 aliphatic carbocycles. The van der Waals surface area contributed by atoms with Gasteiger partial charge in [0.05, 0.1) is 10.6 Å². The van der Waals surface area contributed by atoms with Crippen LogP contribution in [0.25, 0.3) is 0 Å². The highest BCUT2D eigenvalue weighted by Gasteiger charge is 2.30. The smallest absolute Gasteiger partial charge is 0.139 e. The molecule has 3 N–H and O–H groups in total. The van der Waals surface area contributed by atoms with Gasteiger partial charge < -0.3 is 20.3 Å². The number of ether oxygens (including phenoxy) is 1. The Kier molecular flexibility index (Phi) is 6.14. The van der Waals surface area contributed by atoms with Gasteiger partial charge >= 0.3 is 0 Å². The minimum absolute atomic E-state index is 0.117. The van der Waals surface area contributed by atoms with Crippen molar-refractivity contribution in [2.75, 3.05) is 19.7 Å². The van der Waals surface area contributed by atoms with Crippen LogP contribution < -0.4 is 10.1 Å². The van der Waals surface area contributed by atoms with Crippen LogP contribution in [0.1, 0.15) is 25.7 Å². The third-order valence-electron chi connectivity index (χ3n) is 3.69. The molecule has 0 aliphatic heterocycles. The normalized spacial score (nSPS) is 18.7. The Hall–Kier alpha value is -0.520. The summed E-state index contributed by atoms with van der Waals surface area (Å²) < 4.78 is 5.46. The SMILES string of the molecule is OC(CNCC1(O)CCCC1)COc1cc(Cl)ccc1Cl. The maximum Gasteiger partial charge on any atom is 0.139 e. The molecule has 1 aliphatic rings. The summed E-state index contributed by atoms with van der Waals surface area (Å²) in [5, 5.41) is 24.1. The summed E-state index contributed by atoms with van der Waals surface area (Å²) >= 11 is 11.8. The summed E-state index contributed by atoms with van der Waals surface area (Å²) in [5.41, 5.74) is -0.614. The summed E-state index contributed by atoms with van der Waals surface area (Å²) in [6.07, 6.45) is 3.11. The van der Waals surface area contributed by atoms with Crippen LogP contribution in [0.4, 0.5) is 0 Å². The Labute approximate surface area is 135 Å². The molecule has 4 nitrogen and oxygen atoms in total. The molecule has 1 aromatic carbocycles. The van der Waals surface area contributed by atoms with Gasteiger partial charge in [-0.15, -0.1) is 0 Å². The Morgan fingerprint density at radius 2 is 2.00 bits per heavy atom. The highest BCUT2D eigenvalue weighted by atomic mass is 35.5. The molecule has 2 rings (SSSR count). The van der Waals surface area contributed by atoms with E-state index in [1.165, 1.54) is 0 Å². The molecule has 1 saturated carbocycles. The standard InChI is InChI=1S/C15H21Cl2NO3/c16-11-3-4-13(17)14(7-11)21-9-12(19)8-18-10-15(20)5-1-2-6-15/h3-4,7,12,18-20H,1-2,5-6,8-10H2. The number of aliphatic hydroxyl groups is 2. The lowest BCUT2D eigenvalue weighted by Crippen LogP contribution is -2.42. The van der Waals surface area contributed by atoms with Crippen molar-refractivity contribution in [2.24, 2.45) is 0 Å². The van der Waals surface area contributed by atoms with Crippen LogP contribution in [0.3, 0.4) is 0 Å². The number of rotatable bonds is 7. The van der Waals surface area contributed by atoms with E-state index < -0.39 is 11.7 Å². The van der Waals surface area contributed by atoms with Crippen LogP contribution in [0.15, 0.2) is 18.2 Å². The van der Waals surface area contributed by atoms with Crippen molar-refractivity contribution >= 4 is 23.2 Å². The Balaban J connectivity index is 1.69. The van der Waals surface area contributed by atoms with Gasteiger partial charge in [-0.2, -0.15) is 0 Å². The average molecular weight is 334 g/mol. The van der Waals surface area contributed by atoms with E-state index in [2.05, 4.69) is 5.32 Å². The van der Waals surface area contributed by atoms with Gasteiger partial charge in [-0.05, 0) is 25.0 Å². The first-order chi connectivity index (χ1) is 9.98. The van der Waals surface area contributed by atoms with E-state index >= 15 is 0 Å². The second-order valence-corrected chi connectivity index (χ2v) is 6.45. The second kappa shape index (κ2) is 7.65. The third-order valence-corrected chi connectivity index (χ3v) is 4.24. The minimum atomic E-state index is -0.676. The van der Waals surface area contributed by atoms with Gasteiger partial charge in [0.2, 0.25) is 0 Å². The van der Waals surface area contributed by atoms with Crippen LogP contribution in [0.2, 0.25) is 10.0 Å². The van der Waals surface area contributed by atoms with Crippen molar-refractivity contribution in [1.82, 2.24) is 5.32 Å². The fourth-order valence-corrected chi connectivity index (χ4v) is 2.85. The van der Waals surface area contributed by atoms with Crippen LogP contribution >= 0.6 is 23.2 Å². The zero-order valence-electron chi connectivity index (χ0n) is 11.8. The first-order valence-corrected chi connectivity index (χ1v) is 7.93. The topological polar surface area (TPSA) is 61.7 Å². The highest BCUT2D eigenvalue weighted by Crippen LogP contribution is 2.29. The third kappa shape index (κ3) is 5.31. The first-order valence-electron chi connectivity index (χ1n) is 7.17. The molecule has 1 fully saturated rings. The van der Waals surface area contributed by atoms with Crippen molar-refractivity contribution in [3.8, 4) is 5.75 Å². The molecule has 6 heteroatoms. The van der Waals surface area contributed by atoms with Gasteiger partial charge in [-0.1, -0.05) is 36.0 Å². The number of hydrogen-bond donors (Lipinski definition) is 3. The lowest BCUT2D eigenvalue weighted by molar-refractivity contribution is 0.0406. The summed E-state index contributed by atoms with van der Waals surface area (Å²) in [6, 6.07) is 4.95. The number of nitrogens with one attached hydrogen (secondary N) is 1. The van der Waals surface area contributed by atoms with E-state index in [0.29, 0.717) is 28.9 Å². The highest BCUT2D eigenvalue weighted by molar-refractivity contribution is 6.34. The van der Waals surface area contributed by atoms with Crippen molar-refractivity contribution in [3.05, 3.63) is 28.2 Å². The van der Waals surface area contributed by atoms with Crippen LogP contribution in [-0.2, 0) is 0 Å². The monoisotopic (exact) mass is 333 g/mol. The molecule has 1 atom stereocenters. The maximum atomic E-state index is 10.2. The summed E-state index contributed by atoms with van der Waals surface area (Å²) in [6.45, 7) is 0.980. The molecular weight excluding hydrogens is 313 g/mol. The molecule has 0 amide bonds. The molecule has 1 unspecified atom stereocenters. The first kappa shape index (κ1) is 16.8. The second-order valence-electron chi connectivity index (χ2n) is 5.60. The number of halogens is 2. The Bertz CT molecular complexity index is 464. The molecule has 21 heavy (non-hydrogen) atoms. The zero-order valence-corrected chi connectivity index (χ0v) is 13.3. The summed E-state index contributed by atoms with van der Waals surface area (Å²) in [7, 11) is 0. The zero-order chi connectivity index (χ0) is 15.3. The number of benzene rings is 1. The van der Waals surface area contributed by atoms with Gasteiger partial charge in [0.25, 0.3) is 0 Å². The molecule has 1 aromatic rings. The summed E-state index contributed by atoms with van der Waals surface area (Å²) in [4.78, 5) is 0. The molecule has 0 aromatic heterocycles. The lowest BCUT2D eigenvalue weighted by atomic mass is 10.0. The van der Waals surface area contributed by atoms with Crippen molar-refractivity contribution in [3.63, 3.8) is 0 Å². The molecule has 0 saturated heterocycles. The Morgan fingerprint density at radius 1 is 1.29 bits per heavy atom. The molecule has 0 bridgehead atoms. The van der Waals surface area contributed by atoms with Gasteiger partial charge in [0.1, 0.15) is 18.5 Å². The maximum absolute atomic E-state index is 10.2. The van der Waals surface area contributed by atoms with E-state index in [4.69, 9.17) is 27.9 Å². The van der Waals surface area contributed by atoms with Gasteiger partial charge in [0.15, 0.2) is 0 Å². The summed E-state index contributed by atoms with van der Waals surface area (Å²) in [5.74, 6) is 0.456. The van der Waals surface area contributed by atoms with Crippen molar-refractivity contribution in [1.29, 1.82) is 0 Å². The molecule has 0 radical (unpaired) electrons. The minimum Gasteiger partial charge on any atom is -0.489 e. The predicted molar refractivity (Wildman–Crippen MR) is 84.3 cm³/mol. The van der Waals surface area contributed by atoms with E-state index in [1.54, 1.807) is 18.2 Å². The average Bonchev–Trinajstić information content (AvgIpc) is 2.87. The number of aliphatic hydroxyl groups excluding tert-OH is 1. The fourth-order valence-electron chi connectivity index (χ4n) is 2.51. The van der Waals surface area contributed by atoms with Gasteiger partial charge in [-0.25, -0.2) is 0 Å². The van der Waals surface area contributed by atoms with Crippen LogP contribution in [0, 0.1) is 0 Å². The van der Waals surface area contributed by atoms with Gasteiger partial charge in [-0.3, -0.25) is 0 Å². The molecular formula is C15H21Cl2NO3. The van der Waals surface area contributed by atoms with E-state index in [0.717, 1.165) is 25.7 Å². The van der Waals surface area contributed by atoms with E-state index in [9.17, 15) is 10.2 Å².